The highest BCUT2D eigenvalue weighted by Gasteiger charge is 2.25. The lowest BCUT2D eigenvalue weighted by Crippen LogP contribution is -2.28. The smallest absolute Gasteiger partial charge is 0.457 e. The molecular formula is C47H88NO7P. The summed E-state index contributed by atoms with van der Waals surface area (Å²) in [7, 11) is -4.28. The van der Waals surface area contributed by atoms with E-state index in [0.29, 0.717) is 13.0 Å². The van der Waals surface area contributed by atoms with Crippen LogP contribution in [0, 0.1) is 0 Å². The lowest BCUT2D eigenvalue weighted by Gasteiger charge is -2.20. The highest BCUT2D eigenvalue weighted by molar-refractivity contribution is 7.47. The molecule has 0 heterocycles. The lowest BCUT2D eigenvalue weighted by atomic mass is 10.1. The van der Waals surface area contributed by atoms with Crippen molar-refractivity contribution in [1.29, 1.82) is 0 Å². The van der Waals surface area contributed by atoms with Crippen molar-refractivity contribution in [3.63, 3.8) is 0 Å². The Morgan fingerprint density at radius 3 is 1.48 bits per heavy atom. The molecule has 2 unspecified atom stereocenters. The number of allylic oxidation sites excluding steroid dienone is 8. The Morgan fingerprint density at radius 1 is 0.536 bits per heavy atom. The summed E-state index contributed by atoms with van der Waals surface area (Å²) in [6.45, 7) is 4.86. The van der Waals surface area contributed by atoms with Crippen LogP contribution in [0.25, 0.3) is 0 Å². The third-order valence-electron chi connectivity index (χ3n) is 9.72. The molecule has 0 aliphatic rings. The maximum absolute atomic E-state index is 12.5. The molecule has 0 saturated heterocycles. The second-order valence-electron chi connectivity index (χ2n) is 15.3. The minimum absolute atomic E-state index is 0.0975. The van der Waals surface area contributed by atoms with E-state index in [2.05, 4.69) is 62.5 Å². The maximum atomic E-state index is 12.5. The molecule has 0 amide bonds. The van der Waals surface area contributed by atoms with Crippen molar-refractivity contribution >= 4 is 13.8 Å². The fraction of sp³-hybridized carbons (Fsp3) is 0.809. The Hall–Kier alpha value is -1.54. The SMILES string of the molecule is CCCC/C=C\CCCCCCCC(=O)OC(COCCCCCCCCCCCCC/C=C\C/C=C\C/C=C\CCCCCCC)COP(=O)(O)OCCN. The van der Waals surface area contributed by atoms with Crippen molar-refractivity contribution in [1.82, 2.24) is 0 Å². The van der Waals surface area contributed by atoms with Gasteiger partial charge in [-0.2, -0.15) is 0 Å². The van der Waals surface area contributed by atoms with Gasteiger partial charge in [0.05, 0.1) is 19.8 Å². The summed E-state index contributed by atoms with van der Waals surface area (Å²) in [6.07, 6.45) is 52.9. The van der Waals surface area contributed by atoms with E-state index in [4.69, 9.17) is 24.3 Å². The first-order valence-corrected chi connectivity index (χ1v) is 24.6. The topological polar surface area (TPSA) is 117 Å². The van der Waals surface area contributed by atoms with Crippen LogP contribution in [-0.4, -0.2) is 49.9 Å². The molecule has 0 aliphatic carbocycles. The van der Waals surface area contributed by atoms with Crippen molar-refractivity contribution in [3.8, 4) is 0 Å². The van der Waals surface area contributed by atoms with Crippen LogP contribution in [0.4, 0.5) is 0 Å². The zero-order valence-electron chi connectivity index (χ0n) is 36.4. The van der Waals surface area contributed by atoms with Gasteiger partial charge in [0.25, 0.3) is 0 Å². The molecule has 0 fully saturated rings. The summed E-state index contributed by atoms with van der Waals surface area (Å²) >= 11 is 0. The summed E-state index contributed by atoms with van der Waals surface area (Å²) in [5.41, 5.74) is 5.37. The van der Waals surface area contributed by atoms with E-state index in [-0.39, 0.29) is 32.3 Å². The van der Waals surface area contributed by atoms with Crippen LogP contribution in [0.2, 0.25) is 0 Å². The largest absolute Gasteiger partial charge is 0.472 e. The molecule has 0 aromatic carbocycles. The Balaban J connectivity index is 3.90. The molecule has 9 heteroatoms. The number of hydrogen-bond acceptors (Lipinski definition) is 7. The number of esters is 1. The molecule has 0 spiro atoms. The fourth-order valence-electron chi connectivity index (χ4n) is 6.28. The molecule has 3 N–H and O–H groups in total. The van der Waals surface area contributed by atoms with Gasteiger partial charge >= 0.3 is 13.8 Å². The maximum Gasteiger partial charge on any atom is 0.472 e. The van der Waals surface area contributed by atoms with E-state index in [1.165, 1.54) is 128 Å². The minimum atomic E-state index is -4.28. The lowest BCUT2D eigenvalue weighted by molar-refractivity contribution is -0.154. The molecule has 0 radical (unpaired) electrons. The Morgan fingerprint density at radius 2 is 0.964 bits per heavy atom. The highest BCUT2D eigenvalue weighted by atomic mass is 31.2. The standard InChI is InChI=1S/C47H88NO7P/c1-3-5-7-9-11-13-15-16-17-18-19-20-21-22-23-24-25-26-27-28-29-31-33-35-37-39-42-52-44-46(45-54-56(50,51)53-43-41-48)55-47(49)40-38-36-34-32-30-14-12-10-8-6-4-2/h10,12,15-16,18-19,21-22,46H,3-9,11,13-14,17,20,23-45,48H2,1-2H3,(H,50,51)/b12-10-,16-15-,19-18-,22-21-. The predicted molar refractivity (Wildman–Crippen MR) is 238 cm³/mol. The normalized spacial score (nSPS) is 13.9. The summed E-state index contributed by atoms with van der Waals surface area (Å²) in [4.78, 5) is 22.4. The zero-order valence-corrected chi connectivity index (χ0v) is 37.3. The third kappa shape index (κ3) is 43.6. The monoisotopic (exact) mass is 810 g/mol. The first kappa shape index (κ1) is 54.5. The predicted octanol–water partition coefficient (Wildman–Crippen LogP) is 14.0. The van der Waals surface area contributed by atoms with Gasteiger partial charge < -0.3 is 20.1 Å². The molecule has 0 bridgehead atoms. The second kappa shape index (κ2) is 44.6. The molecule has 0 aromatic heterocycles. The van der Waals surface area contributed by atoms with Crippen molar-refractivity contribution < 1.29 is 32.8 Å². The second-order valence-corrected chi connectivity index (χ2v) is 16.7. The number of carbonyl (C=O) groups is 1. The molecule has 0 saturated carbocycles. The van der Waals surface area contributed by atoms with Crippen LogP contribution in [0.5, 0.6) is 0 Å². The van der Waals surface area contributed by atoms with E-state index >= 15 is 0 Å². The molecule has 2 atom stereocenters. The van der Waals surface area contributed by atoms with Crippen LogP contribution in [0.15, 0.2) is 48.6 Å². The van der Waals surface area contributed by atoms with E-state index < -0.39 is 13.9 Å². The van der Waals surface area contributed by atoms with Gasteiger partial charge in [-0.1, -0.05) is 178 Å². The molecule has 0 rings (SSSR count). The zero-order chi connectivity index (χ0) is 40.9. The third-order valence-corrected chi connectivity index (χ3v) is 10.7. The van der Waals surface area contributed by atoms with Crippen LogP contribution in [-0.2, 0) is 27.9 Å². The van der Waals surface area contributed by atoms with Crippen LogP contribution < -0.4 is 5.73 Å². The summed E-state index contributed by atoms with van der Waals surface area (Å²) < 4.78 is 33.4. The Labute approximate surface area is 345 Å². The number of hydrogen-bond donors (Lipinski definition) is 2. The van der Waals surface area contributed by atoms with Crippen LogP contribution in [0.1, 0.15) is 206 Å². The highest BCUT2D eigenvalue weighted by Crippen LogP contribution is 2.43. The molecule has 0 aromatic rings. The summed E-state index contributed by atoms with van der Waals surface area (Å²) in [5.74, 6) is -0.342. The first-order chi connectivity index (χ1) is 27.4. The van der Waals surface area contributed by atoms with Gasteiger partial charge in [-0.25, -0.2) is 4.57 Å². The molecule has 328 valence electrons. The summed E-state index contributed by atoms with van der Waals surface area (Å²) in [5, 5.41) is 0. The van der Waals surface area contributed by atoms with Gasteiger partial charge in [0.15, 0.2) is 0 Å². The summed E-state index contributed by atoms with van der Waals surface area (Å²) in [6, 6.07) is 0. The van der Waals surface area contributed by atoms with Crippen molar-refractivity contribution in [2.24, 2.45) is 5.73 Å². The minimum Gasteiger partial charge on any atom is -0.457 e. The van der Waals surface area contributed by atoms with Gasteiger partial charge in [-0.15, -0.1) is 0 Å². The fourth-order valence-corrected chi connectivity index (χ4v) is 7.04. The molecular weight excluding hydrogens is 721 g/mol. The number of ether oxygens (including phenoxy) is 2. The first-order valence-electron chi connectivity index (χ1n) is 23.1. The van der Waals surface area contributed by atoms with Gasteiger partial charge in [0, 0.05) is 19.6 Å². The van der Waals surface area contributed by atoms with Crippen LogP contribution in [0.3, 0.4) is 0 Å². The number of rotatable bonds is 44. The molecule has 56 heavy (non-hydrogen) atoms. The molecule has 8 nitrogen and oxygen atoms in total. The van der Waals surface area contributed by atoms with Crippen molar-refractivity contribution in [2.45, 2.75) is 213 Å². The van der Waals surface area contributed by atoms with E-state index in [1.807, 2.05) is 0 Å². The average Bonchev–Trinajstić information content (AvgIpc) is 3.19. The van der Waals surface area contributed by atoms with Crippen molar-refractivity contribution in [2.75, 3.05) is 33.0 Å². The van der Waals surface area contributed by atoms with Gasteiger partial charge in [-0.3, -0.25) is 13.8 Å². The number of phosphoric ester groups is 1. The number of nitrogens with two attached hydrogens (primary N) is 1. The van der Waals surface area contributed by atoms with E-state index in [1.54, 1.807) is 0 Å². The quantitative estimate of drug-likeness (QED) is 0.0270. The Bertz CT molecular complexity index is 999. The Kier molecular flexibility index (Phi) is 43.3. The molecule has 0 aliphatic heterocycles. The van der Waals surface area contributed by atoms with Crippen molar-refractivity contribution in [3.05, 3.63) is 48.6 Å². The van der Waals surface area contributed by atoms with Gasteiger partial charge in [-0.05, 0) is 70.6 Å². The average molecular weight is 810 g/mol. The van der Waals surface area contributed by atoms with Crippen LogP contribution >= 0.6 is 7.82 Å². The van der Waals surface area contributed by atoms with E-state index in [0.717, 1.165) is 57.8 Å². The van der Waals surface area contributed by atoms with E-state index in [9.17, 15) is 14.3 Å². The number of phosphoric acid groups is 1. The van der Waals surface area contributed by atoms with Gasteiger partial charge in [0.1, 0.15) is 6.10 Å². The van der Waals surface area contributed by atoms with Gasteiger partial charge in [0.2, 0.25) is 0 Å². The number of unbranched alkanes of at least 4 members (excludes halogenated alkanes) is 23. The number of carbonyl (C=O) groups excluding carboxylic acids is 1.